The van der Waals surface area contributed by atoms with Crippen LogP contribution in [-0.4, -0.2) is 9.97 Å². The molecule has 0 bridgehead atoms. The van der Waals surface area contributed by atoms with Gasteiger partial charge in [-0.3, -0.25) is 0 Å². The number of nitrogen functional groups attached to an aromatic ring is 1. The van der Waals surface area contributed by atoms with Crippen molar-refractivity contribution in [1.29, 1.82) is 0 Å². The third-order valence-corrected chi connectivity index (χ3v) is 3.42. The minimum Gasteiger partial charge on any atom is -0.383 e. The van der Waals surface area contributed by atoms with Crippen LogP contribution in [0.25, 0.3) is 11.4 Å². The van der Waals surface area contributed by atoms with Crippen LogP contribution >= 0.6 is 45.8 Å². The molecule has 2 rings (SSSR count). The van der Waals surface area contributed by atoms with Gasteiger partial charge in [0.2, 0.25) is 0 Å². The van der Waals surface area contributed by atoms with E-state index >= 15 is 0 Å². The monoisotopic (exact) mass is 365 g/mol. The molecule has 0 radical (unpaired) electrons. The van der Waals surface area contributed by atoms with Crippen molar-refractivity contribution in [3.8, 4) is 11.4 Å². The Kier molecular flexibility index (Phi) is 3.51. The minimum absolute atomic E-state index is 0.418. The van der Waals surface area contributed by atoms with E-state index in [1.807, 2.05) is 0 Å². The first-order valence-electron chi connectivity index (χ1n) is 4.32. The Labute approximate surface area is 116 Å². The van der Waals surface area contributed by atoms with Crippen LogP contribution < -0.4 is 5.73 Å². The average Bonchev–Trinajstić information content (AvgIpc) is 2.23. The van der Waals surface area contributed by atoms with Crippen molar-refractivity contribution < 1.29 is 0 Å². The van der Waals surface area contributed by atoms with E-state index in [-0.39, 0.29) is 0 Å². The third-order valence-electron chi connectivity index (χ3n) is 1.96. The second-order valence-corrected chi connectivity index (χ2v) is 5.00. The second-order valence-electron chi connectivity index (χ2n) is 3.02. The number of nitrogens with zero attached hydrogens (tertiary/aromatic N) is 2. The maximum Gasteiger partial charge on any atom is 0.164 e. The molecule has 2 aromatic rings. The summed E-state index contributed by atoms with van der Waals surface area (Å²) in [5.41, 5.74) is 6.32. The number of halogens is 3. The van der Waals surface area contributed by atoms with Crippen LogP contribution in [0, 0.1) is 3.57 Å². The van der Waals surface area contributed by atoms with Gasteiger partial charge in [-0.1, -0.05) is 29.3 Å². The summed E-state index contributed by atoms with van der Waals surface area (Å²) >= 11 is 14.2. The topological polar surface area (TPSA) is 51.8 Å². The van der Waals surface area contributed by atoms with Crippen molar-refractivity contribution in [3.05, 3.63) is 38.0 Å². The molecule has 16 heavy (non-hydrogen) atoms. The zero-order chi connectivity index (χ0) is 11.7. The molecule has 0 aliphatic carbocycles. The number of aromatic nitrogens is 2. The molecule has 0 saturated carbocycles. The average molecular weight is 366 g/mol. The summed E-state index contributed by atoms with van der Waals surface area (Å²) in [7, 11) is 0. The van der Waals surface area contributed by atoms with E-state index in [2.05, 4.69) is 32.6 Å². The Bertz CT molecular complexity index is 525. The SMILES string of the molecule is Nc1nc(-c2c(Cl)cccc2Cl)ncc1I. The van der Waals surface area contributed by atoms with Crippen molar-refractivity contribution >= 4 is 51.6 Å². The Morgan fingerprint density at radius 2 is 1.81 bits per heavy atom. The molecule has 0 amide bonds. The lowest BCUT2D eigenvalue weighted by atomic mass is 10.2. The summed E-state index contributed by atoms with van der Waals surface area (Å²) in [6.45, 7) is 0. The summed E-state index contributed by atoms with van der Waals surface area (Å²) < 4.78 is 0.796. The highest BCUT2D eigenvalue weighted by molar-refractivity contribution is 14.1. The van der Waals surface area contributed by atoms with Crippen molar-refractivity contribution in [2.45, 2.75) is 0 Å². The summed E-state index contributed by atoms with van der Waals surface area (Å²) in [4.78, 5) is 8.32. The molecule has 0 unspecified atom stereocenters. The van der Waals surface area contributed by atoms with Crippen molar-refractivity contribution in [2.75, 3.05) is 5.73 Å². The number of nitrogens with two attached hydrogens (primary N) is 1. The van der Waals surface area contributed by atoms with E-state index < -0.39 is 0 Å². The van der Waals surface area contributed by atoms with Gasteiger partial charge in [0.15, 0.2) is 5.82 Å². The Hall–Kier alpha value is -0.590. The van der Waals surface area contributed by atoms with Crippen LogP contribution in [-0.2, 0) is 0 Å². The Morgan fingerprint density at radius 3 is 2.38 bits per heavy atom. The summed E-state index contributed by atoms with van der Waals surface area (Å²) in [6, 6.07) is 5.24. The molecular formula is C10H6Cl2IN3. The fraction of sp³-hybridized carbons (Fsp3) is 0. The molecule has 1 aromatic heterocycles. The first kappa shape index (κ1) is 11.9. The van der Waals surface area contributed by atoms with Gasteiger partial charge in [-0.25, -0.2) is 9.97 Å². The molecule has 2 N–H and O–H groups in total. The lowest BCUT2D eigenvalue weighted by Crippen LogP contribution is -1.98. The maximum atomic E-state index is 6.05. The predicted octanol–water partition coefficient (Wildman–Crippen LogP) is 3.64. The fourth-order valence-corrected chi connectivity index (χ4v) is 2.04. The number of hydrogen-bond acceptors (Lipinski definition) is 3. The van der Waals surface area contributed by atoms with Crippen LogP contribution in [0.1, 0.15) is 0 Å². The maximum absolute atomic E-state index is 6.05. The summed E-state index contributed by atoms with van der Waals surface area (Å²) in [5, 5.41) is 1.02. The molecular weight excluding hydrogens is 360 g/mol. The lowest BCUT2D eigenvalue weighted by Gasteiger charge is -2.06. The predicted molar refractivity (Wildman–Crippen MR) is 74.6 cm³/mol. The molecule has 1 heterocycles. The van der Waals surface area contributed by atoms with Gasteiger partial charge in [-0.2, -0.15) is 0 Å². The van der Waals surface area contributed by atoms with Crippen LogP contribution in [0.4, 0.5) is 5.82 Å². The van der Waals surface area contributed by atoms with Crippen molar-refractivity contribution in [2.24, 2.45) is 0 Å². The van der Waals surface area contributed by atoms with Crippen LogP contribution in [0.15, 0.2) is 24.4 Å². The number of benzene rings is 1. The molecule has 0 fully saturated rings. The molecule has 6 heteroatoms. The van der Waals surface area contributed by atoms with Crippen molar-refractivity contribution in [1.82, 2.24) is 9.97 Å². The van der Waals surface area contributed by atoms with Crippen LogP contribution in [0.2, 0.25) is 10.0 Å². The van der Waals surface area contributed by atoms with Gasteiger partial charge >= 0.3 is 0 Å². The second kappa shape index (κ2) is 4.73. The largest absolute Gasteiger partial charge is 0.383 e. The van der Waals surface area contributed by atoms with E-state index in [0.29, 0.717) is 27.3 Å². The highest BCUT2D eigenvalue weighted by atomic mass is 127. The Morgan fingerprint density at radius 1 is 1.19 bits per heavy atom. The van der Waals surface area contributed by atoms with Crippen molar-refractivity contribution in [3.63, 3.8) is 0 Å². The summed E-state index contributed by atoms with van der Waals surface area (Å²) in [6.07, 6.45) is 1.64. The first-order chi connectivity index (χ1) is 7.59. The van der Waals surface area contributed by atoms with E-state index in [1.165, 1.54) is 0 Å². The number of anilines is 1. The van der Waals surface area contributed by atoms with E-state index in [4.69, 9.17) is 28.9 Å². The molecule has 3 nitrogen and oxygen atoms in total. The highest BCUT2D eigenvalue weighted by Gasteiger charge is 2.12. The molecule has 0 spiro atoms. The van der Waals surface area contributed by atoms with Gasteiger partial charge in [0.1, 0.15) is 5.82 Å². The fourth-order valence-electron chi connectivity index (χ4n) is 1.21. The normalized spacial score (nSPS) is 10.4. The van der Waals surface area contributed by atoms with Gasteiger partial charge in [0.25, 0.3) is 0 Å². The zero-order valence-electron chi connectivity index (χ0n) is 7.92. The molecule has 1 aromatic carbocycles. The van der Waals surface area contributed by atoms with Gasteiger partial charge in [-0.05, 0) is 34.7 Å². The molecule has 0 atom stereocenters. The lowest BCUT2D eigenvalue weighted by molar-refractivity contribution is 1.17. The summed E-state index contributed by atoms with van der Waals surface area (Å²) in [5.74, 6) is 0.857. The van der Waals surface area contributed by atoms with Crippen LogP contribution in [0.3, 0.4) is 0 Å². The van der Waals surface area contributed by atoms with Crippen LogP contribution in [0.5, 0.6) is 0 Å². The van der Waals surface area contributed by atoms with Gasteiger partial charge < -0.3 is 5.73 Å². The number of rotatable bonds is 1. The molecule has 0 aliphatic heterocycles. The minimum atomic E-state index is 0.418. The highest BCUT2D eigenvalue weighted by Crippen LogP contribution is 2.32. The first-order valence-corrected chi connectivity index (χ1v) is 6.15. The number of hydrogen-bond donors (Lipinski definition) is 1. The Balaban J connectivity index is 2.63. The smallest absolute Gasteiger partial charge is 0.164 e. The molecule has 82 valence electrons. The van der Waals surface area contributed by atoms with E-state index in [1.54, 1.807) is 24.4 Å². The standard InChI is InChI=1S/C10H6Cl2IN3/c11-5-2-1-3-6(12)8(5)10-15-4-7(13)9(14)16-10/h1-4H,(H2,14,15,16). The van der Waals surface area contributed by atoms with Gasteiger partial charge in [0, 0.05) is 6.20 Å². The molecule has 0 aliphatic rings. The van der Waals surface area contributed by atoms with Gasteiger partial charge in [0.05, 0.1) is 19.2 Å². The van der Waals surface area contributed by atoms with Gasteiger partial charge in [-0.15, -0.1) is 0 Å². The molecule has 0 saturated heterocycles. The third kappa shape index (κ3) is 2.23. The van der Waals surface area contributed by atoms with E-state index in [0.717, 1.165) is 3.57 Å². The quantitative estimate of drug-likeness (QED) is 0.785. The van der Waals surface area contributed by atoms with E-state index in [9.17, 15) is 0 Å². The zero-order valence-corrected chi connectivity index (χ0v) is 11.6.